The molecule has 0 saturated heterocycles. The van der Waals surface area contributed by atoms with Gasteiger partial charge in [-0.25, -0.2) is 0 Å². The van der Waals surface area contributed by atoms with Crippen LogP contribution in [0.25, 0.3) is 0 Å². The number of ether oxygens (including phenoxy) is 1. The van der Waals surface area contributed by atoms with E-state index in [0.717, 1.165) is 18.7 Å². The quantitative estimate of drug-likeness (QED) is 0.845. The monoisotopic (exact) mass is 219 g/mol. The standard InChI is InChI=1S/C14H21NO/c1-11-4-5-13(16-2)12(8-11)9-14(10-15)6-3-7-14/h4-5,8H,3,6-7,9-10,15H2,1-2H3. The summed E-state index contributed by atoms with van der Waals surface area (Å²) in [6.45, 7) is 2.92. The minimum Gasteiger partial charge on any atom is -0.496 e. The molecule has 2 N–H and O–H groups in total. The smallest absolute Gasteiger partial charge is 0.122 e. The average molecular weight is 219 g/mol. The molecule has 2 heteroatoms. The van der Waals surface area contributed by atoms with Crippen molar-refractivity contribution in [2.24, 2.45) is 11.1 Å². The third-order valence-corrected chi connectivity index (χ3v) is 3.85. The van der Waals surface area contributed by atoms with E-state index in [2.05, 4.69) is 25.1 Å². The van der Waals surface area contributed by atoms with Crippen molar-refractivity contribution in [3.63, 3.8) is 0 Å². The van der Waals surface area contributed by atoms with Crippen LogP contribution >= 0.6 is 0 Å². The molecule has 16 heavy (non-hydrogen) atoms. The first kappa shape index (κ1) is 11.5. The molecule has 0 aliphatic heterocycles. The fourth-order valence-electron chi connectivity index (χ4n) is 2.58. The van der Waals surface area contributed by atoms with Crippen LogP contribution < -0.4 is 10.5 Å². The van der Waals surface area contributed by atoms with E-state index in [1.807, 2.05) is 0 Å². The molecule has 0 unspecified atom stereocenters. The molecule has 1 aliphatic carbocycles. The van der Waals surface area contributed by atoms with E-state index in [-0.39, 0.29) is 0 Å². The third-order valence-electron chi connectivity index (χ3n) is 3.85. The third kappa shape index (κ3) is 2.07. The Labute approximate surface area is 97.8 Å². The SMILES string of the molecule is COc1ccc(C)cc1CC1(CN)CCC1. The van der Waals surface area contributed by atoms with Crippen molar-refractivity contribution in [1.82, 2.24) is 0 Å². The van der Waals surface area contributed by atoms with Crippen LogP contribution in [-0.2, 0) is 6.42 Å². The van der Waals surface area contributed by atoms with Crippen molar-refractivity contribution in [2.75, 3.05) is 13.7 Å². The van der Waals surface area contributed by atoms with Gasteiger partial charge in [0.2, 0.25) is 0 Å². The molecule has 0 bridgehead atoms. The van der Waals surface area contributed by atoms with Crippen molar-refractivity contribution in [3.05, 3.63) is 29.3 Å². The highest BCUT2D eigenvalue weighted by Crippen LogP contribution is 2.44. The zero-order chi connectivity index (χ0) is 11.6. The first-order valence-corrected chi connectivity index (χ1v) is 6.03. The van der Waals surface area contributed by atoms with Crippen molar-refractivity contribution in [3.8, 4) is 5.75 Å². The fourth-order valence-corrected chi connectivity index (χ4v) is 2.58. The molecule has 0 atom stereocenters. The second-order valence-electron chi connectivity index (χ2n) is 5.05. The van der Waals surface area contributed by atoms with Crippen LogP contribution in [0.15, 0.2) is 18.2 Å². The highest BCUT2D eigenvalue weighted by molar-refractivity contribution is 5.37. The molecule has 0 spiro atoms. The first-order chi connectivity index (χ1) is 7.69. The van der Waals surface area contributed by atoms with Gasteiger partial charge in [0.1, 0.15) is 5.75 Å². The Kier molecular flexibility index (Phi) is 3.20. The van der Waals surface area contributed by atoms with Gasteiger partial charge in [0, 0.05) is 0 Å². The number of methoxy groups -OCH3 is 1. The normalized spacial score (nSPS) is 17.9. The van der Waals surface area contributed by atoms with Gasteiger partial charge < -0.3 is 10.5 Å². The lowest BCUT2D eigenvalue weighted by atomic mass is 9.65. The predicted molar refractivity (Wildman–Crippen MR) is 66.8 cm³/mol. The van der Waals surface area contributed by atoms with Gasteiger partial charge in [0.25, 0.3) is 0 Å². The lowest BCUT2D eigenvalue weighted by molar-refractivity contribution is 0.143. The Hall–Kier alpha value is -1.02. The Morgan fingerprint density at radius 2 is 2.12 bits per heavy atom. The zero-order valence-electron chi connectivity index (χ0n) is 10.3. The maximum absolute atomic E-state index is 5.91. The van der Waals surface area contributed by atoms with Crippen LogP contribution in [0.5, 0.6) is 5.75 Å². The maximum Gasteiger partial charge on any atom is 0.122 e. The molecular formula is C14H21NO. The van der Waals surface area contributed by atoms with E-state index in [9.17, 15) is 0 Å². The van der Waals surface area contributed by atoms with E-state index in [0.29, 0.717) is 5.41 Å². The topological polar surface area (TPSA) is 35.2 Å². The Balaban J connectivity index is 2.22. The van der Waals surface area contributed by atoms with Gasteiger partial charge in [-0.05, 0) is 49.8 Å². The van der Waals surface area contributed by atoms with Gasteiger partial charge in [-0.1, -0.05) is 24.1 Å². The van der Waals surface area contributed by atoms with Gasteiger partial charge in [-0.2, -0.15) is 0 Å². The fraction of sp³-hybridized carbons (Fsp3) is 0.571. The second kappa shape index (κ2) is 4.46. The molecule has 0 amide bonds. The lowest BCUT2D eigenvalue weighted by Crippen LogP contribution is -2.39. The maximum atomic E-state index is 5.91. The molecule has 2 nitrogen and oxygen atoms in total. The number of hydrogen-bond donors (Lipinski definition) is 1. The summed E-state index contributed by atoms with van der Waals surface area (Å²) in [6.07, 6.45) is 4.92. The van der Waals surface area contributed by atoms with Gasteiger partial charge in [0.15, 0.2) is 0 Å². The van der Waals surface area contributed by atoms with Crippen molar-refractivity contribution in [2.45, 2.75) is 32.6 Å². The Morgan fingerprint density at radius 1 is 1.38 bits per heavy atom. The lowest BCUT2D eigenvalue weighted by Gasteiger charge is -2.41. The summed E-state index contributed by atoms with van der Waals surface area (Å²) in [6, 6.07) is 6.39. The Morgan fingerprint density at radius 3 is 2.62 bits per heavy atom. The van der Waals surface area contributed by atoms with E-state index in [1.165, 1.54) is 30.4 Å². The van der Waals surface area contributed by atoms with Crippen LogP contribution in [0.3, 0.4) is 0 Å². The molecular weight excluding hydrogens is 198 g/mol. The molecule has 1 aromatic rings. The van der Waals surface area contributed by atoms with Crippen LogP contribution in [-0.4, -0.2) is 13.7 Å². The minimum atomic E-state index is 0.348. The summed E-state index contributed by atoms with van der Waals surface area (Å²) in [4.78, 5) is 0. The van der Waals surface area contributed by atoms with Crippen LogP contribution in [0.4, 0.5) is 0 Å². The summed E-state index contributed by atoms with van der Waals surface area (Å²) >= 11 is 0. The van der Waals surface area contributed by atoms with Crippen LogP contribution in [0, 0.1) is 12.3 Å². The van der Waals surface area contributed by atoms with Crippen molar-refractivity contribution >= 4 is 0 Å². The van der Waals surface area contributed by atoms with Gasteiger partial charge >= 0.3 is 0 Å². The molecule has 0 aromatic heterocycles. The molecule has 1 fully saturated rings. The number of hydrogen-bond acceptors (Lipinski definition) is 2. The van der Waals surface area contributed by atoms with Crippen LogP contribution in [0.2, 0.25) is 0 Å². The summed E-state index contributed by atoms with van der Waals surface area (Å²) in [5.41, 5.74) is 8.86. The van der Waals surface area contributed by atoms with Crippen molar-refractivity contribution < 1.29 is 4.74 Å². The molecule has 1 aliphatic rings. The largest absolute Gasteiger partial charge is 0.496 e. The molecule has 88 valence electrons. The number of rotatable bonds is 4. The second-order valence-corrected chi connectivity index (χ2v) is 5.05. The molecule has 1 aromatic carbocycles. The summed E-state index contributed by atoms with van der Waals surface area (Å²) in [7, 11) is 1.74. The number of nitrogens with two attached hydrogens (primary N) is 1. The number of benzene rings is 1. The number of aryl methyl sites for hydroxylation is 1. The van der Waals surface area contributed by atoms with Gasteiger partial charge in [-0.3, -0.25) is 0 Å². The average Bonchev–Trinajstić information content (AvgIpc) is 2.24. The minimum absolute atomic E-state index is 0.348. The van der Waals surface area contributed by atoms with Crippen LogP contribution in [0.1, 0.15) is 30.4 Å². The summed E-state index contributed by atoms with van der Waals surface area (Å²) in [5.74, 6) is 1.00. The summed E-state index contributed by atoms with van der Waals surface area (Å²) < 4.78 is 5.42. The molecule has 0 radical (unpaired) electrons. The van der Waals surface area contributed by atoms with E-state index >= 15 is 0 Å². The molecule has 0 heterocycles. The first-order valence-electron chi connectivity index (χ1n) is 6.03. The molecule has 2 rings (SSSR count). The Bertz CT molecular complexity index is 363. The highest BCUT2D eigenvalue weighted by Gasteiger charge is 2.36. The van der Waals surface area contributed by atoms with E-state index in [4.69, 9.17) is 10.5 Å². The van der Waals surface area contributed by atoms with Gasteiger partial charge in [-0.15, -0.1) is 0 Å². The zero-order valence-corrected chi connectivity index (χ0v) is 10.3. The molecule has 1 saturated carbocycles. The van der Waals surface area contributed by atoms with Gasteiger partial charge in [0.05, 0.1) is 7.11 Å². The predicted octanol–water partition coefficient (Wildman–Crippen LogP) is 2.68. The van der Waals surface area contributed by atoms with E-state index in [1.54, 1.807) is 7.11 Å². The van der Waals surface area contributed by atoms with E-state index < -0.39 is 0 Å². The van der Waals surface area contributed by atoms with Crippen molar-refractivity contribution in [1.29, 1.82) is 0 Å². The highest BCUT2D eigenvalue weighted by atomic mass is 16.5. The summed E-state index contributed by atoms with van der Waals surface area (Å²) in [5, 5.41) is 0.